The Balaban J connectivity index is 1.58. The number of ether oxygens (including phenoxy) is 2. The van der Waals surface area contributed by atoms with E-state index in [0.717, 1.165) is 0 Å². The summed E-state index contributed by atoms with van der Waals surface area (Å²) in [7, 11) is 0. The Hall–Kier alpha value is -2.77. The molecule has 1 aliphatic rings. The largest absolute Gasteiger partial charge is 0.454 e. The third kappa shape index (κ3) is 4.20. The fourth-order valence-electron chi connectivity index (χ4n) is 1.98. The van der Waals surface area contributed by atoms with Crippen LogP contribution in [-0.4, -0.2) is 24.8 Å². The van der Waals surface area contributed by atoms with Crippen molar-refractivity contribution in [1.29, 1.82) is 0 Å². The Morgan fingerprint density at radius 2 is 1.84 bits per heavy atom. The van der Waals surface area contributed by atoms with Gasteiger partial charge in [-0.15, -0.1) is 0 Å². The molecule has 3 rings (SSSR count). The van der Waals surface area contributed by atoms with Crippen molar-refractivity contribution in [2.24, 2.45) is 5.10 Å². The molecular weight excluding hydrogens is 369 g/mol. The highest BCUT2D eigenvalue weighted by Crippen LogP contribution is 2.32. The van der Waals surface area contributed by atoms with Gasteiger partial charge in [0.1, 0.15) is 0 Å². The van der Waals surface area contributed by atoms with Crippen LogP contribution >= 0.6 is 23.2 Å². The molecule has 2 amide bonds. The number of nitrogens with one attached hydrogen (secondary N) is 2. The zero-order valence-electron chi connectivity index (χ0n) is 12.6. The van der Waals surface area contributed by atoms with Crippen molar-refractivity contribution in [2.45, 2.75) is 0 Å². The molecule has 2 aromatic rings. The summed E-state index contributed by atoms with van der Waals surface area (Å²) in [6.45, 7) is 0.166. The highest BCUT2D eigenvalue weighted by atomic mass is 35.5. The van der Waals surface area contributed by atoms with Gasteiger partial charge < -0.3 is 14.8 Å². The molecule has 0 atom stereocenters. The zero-order valence-corrected chi connectivity index (χ0v) is 14.1. The Kier molecular flexibility index (Phi) is 5.06. The second kappa shape index (κ2) is 7.42. The van der Waals surface area contributed by atoms with E-state index >= 15 is 0 Å². The summed E-state index contributed by atoms with van der Waals surface area (Å²) in [5, 5.41) is 6.72. The van der Waals surface area contributed by atoms with Crippen molar-refractivity contribution in [3.05, 3.63) is 52.0 Å². The first-order valence-corrected chi connectivity index (χ1v) is 7.77. The molecule has 0 saturated heterocycles. The molecular formula is C16H11Cl2N3O4. The van der Waals surface area contributed by atoms with Crippen LogP contribution in [0.25, 0.3) is 0 Å². The SMILES string of the molecule is O=C(N/N=C/c1ccc2c(c1)OCO2)C(=O)Nc1cc(Cl)ccc1Cl. The smallest absolute Gasteiger partial charge is 0.329 e. The van der Waals surface area contributed by atoms with E-state index in [1.807, 2.05) is 0 Å². The Labute approximate surface area is 152 Å². The molecule has 9 heteroatoms. The summed E-state index contributed by atoms with van der Waals surface area (Å²) in [5.41, 5.74) is 3.02. The number of halogens is 2. The van der Waals surface area contributed by atoms with E-state index in [9.17, 15) is 9.59 Å². The minimum absolute atomic E-state index is 0.166. The van der Waals surface area contributed by atoms with Crippen molar-refractivity contribution < 1.29 is 19.1 Å². The minimum Gasteiger partial charge on any atom is -0.454 e. The molecule has 0 bridgehead atoms. The number of nitrogens with zero attached hydrogens (tertiary/aromatic N) is 1. The van der Waals surface area contributed by atoms with E-state index in [2.05, 4.69) is 15.8 Å². The molecule has 7 nitrogen and oxygen atoms in total. The first kappa shape index (κ1) is 17.1. The second-order valence-electron chi connectivity index (χ2n) is 4.89. The molecule has 0 spiro atoms. The van der Waals surface area contributed by atoms with Crippen molar-refractivity contribution >= 4 is 46.9 Å². The van der Waals surface area contributed by atoms with E-state index in [-0.39, 0.29) is 17.5 Å². The third-order valence-corrected chi connectivity index (χ3v) is 3.72. The maximum absolute atomic E-state index is 11.8. The van der Waals surface area contributed by atoms with Gasteiger partial charge in [0, 0.05) is 5.02 Å². The first-order chi connectivity index (χ1) is 12.0. The number of hydrogen-bond donors (Lipinski definition) is 2. The topological polar surface area (TPSA) is 89.0 Å². The van der Waals surface area contributed by atoms with Gasteiger partial charge in [-0.2, -0.15) is 5.10 Å². The maximum atomic E-state index is 11.8. The number of amides is 2. The summed E-state index contributed by atoms with van der Waals surface area (Å²) in [5.74, 6) is -0.650. The van der Waals surface area contributed by atoms with Crippen LogP contribution in [-0.2, 0) is 9.59 Å². The number of rotatable bonds is 3. The summed E-state index contributed by atoms with van der Waals surface area (Å²) in [4.78, 5) is 23.6. The Morgan fingerprint density at radius 3 is 2.68 bits per heavy atom. The van der Waals surface area contributed by atoms with Crippen LogP contribution in [0.5, 0.6) is 11.5 Å². The van der Waals surface area contributed by atoms with Gasteiger partial charge in [-0.1, -0.05) is 23.2 Å². The van der Waals surface area contributed by atoms with Gasteiger partial charge in [0.15, 0.2) is 11.5 Å². The average Bonchev–Trinajstić information content (AvgIpc) is 3.05. The van der Waals surface area contributed by atoms with E-state index < -0.39 is 11.8 Å². The standard InChI is InChI=1S/C16H11Cl2N3O4/c17-10-2-3-11(18)12(6-10)20-15(22)16(23)21-19-7-9-1-4-13-14(5-9)25-8-24-13/h1-7H,8H2,(H,20,22)(H,21,23)/b19-7+. The van der Waals surface area contributed by atoms with Crippen LogP contribution in [0.1, 0.15) is 5.56 Å². The highest BCUT2D eigenvalue weighted by Gasteiger charge is 2.15. The second-order valence-corrected chi connectivity index (χ2v) is 5.73. The van der Waals surface area contributed by atoms with Gasteiger partial charge in [0.2, 0.25) is 6.79 Å². The summed E-state index contributed by atoms with van der Waals surface area (Å²) >= 11 is 11.7. The van der Waals surface area contributed by atoms with Crippen molar-refractivity contribution in [3.63, 3.8) is 0 Å². The Morgan fingerprint density at radius 1 is 1.04 bits per heavy atom. The molecule has 128 valence electrons. The highest BCUT2D eigenvalue weighted by molar-refractivity contribution is 6.42. The minimum atomic E-state index is -0.951. The van der Waals surface area contributed by atoms with Crippen LogP contribution < -0.4 is 20.2 Å². The molecule has 1 aliphatic heterocycles. The zero-order chi connectivity index (χ0) is 17.8. The van der Waals surface area contributed by atoms with Gasteiger partial charge in [-0.25, -0.2) is 5.43 Å². The van der Waals surface area contributed by atoms with Gasteiger partial charge >= 0.3 is 11.8 Å². The van der Waals surface area contributed by atoms with Gasteiger partial charge in [0.05, 0.1) is 16.9 Å². The Bertz CT molecular complexity index is 870. The molecule has 1 heterocycles. The molecule has 0 aliphatic carbocycles. The molecule has 0 aromatic heterocycles. The van der Waals surface area contributed by atoms with E-state index in [1.54, 1.807) is 24.3 Å². The maximum Gasteiger partial charge on any atom is 0.329 e. The van der Waals surface area contributed by atoms with Crippen LogP contribution in [0.2, 0.25) is 10.0 Å². The quantitative estimate of drug-likeness (QED) is 0.487. The lowest BCUT2D eigenvalue weighted by Gasteiger charge is -2.06. The van der Waals surface area contributed by atoms with Crippen molar-refractivity contribution in [1.82, 2.24) is 5.43 Å². The number of carbonyl (C=O) groups is 2. The third-order valence-electron chi connectivity index (χ3n) is 3.16. The predicted octanol–water partition coefficient (Wildman–Crippen LogP) is 2.81. The molecule has 0 fully saturated rings. The molecule has 0 saturated carbocycles. The summed E-state index contributed by atoms with van der Waals surface area (Å²) in [6, 6.07) is 9.66. The van der Waals surface area contributed by atoms with Gasteiger partial charge in [-0.3, -0.25) is 9.59 Å². The fourth-order valence-corrected chi connectivity index (χ4v) is 2.32. The number of hydrazone groups is 1. The van der Waals surface area contributed by atoms with Crippen LogP contribution in [0.4, 0.5) is 5.69 Å². The number of carbonyl (C=O) groups excluding carboxylic acids is 2. The lowest BCUT2D eigenvalue weighted by atomic mass is 10.2. The summed E-state index contributed by atoms with van der Waals surface area (Å²) in [6.07, 6.45) is 1.37. The normalized spacial score (nSPS) is 12.2. The van der Waals surface area contributed by atoms with Crippen molar-refractivity contribution in [2.75, 3.05) is 12.1 Å². The van der Waals surface area contributed by atoms with Gasteiger partial charge in [-0.05, 0) is 42.0 Å². The average molecular weight is 380 g/mol. The fraction of sp³-hybridized carbons (Fsp3) is 0.0625. The summed E-state index contributed by atoms with van der Waals surface area (Å²) < 4.78 is 10.4. The van der Waals surface area contributed by atoms with Crippen LogP contribution in [0.3, 0.4) is 0 Å². The van der Waals surface area contributed by atoms with E-state index in [0.29, 0.717) is 22.1 Å². The van der Waals surface area contributed by atoms with Crippen molar-refractivity contribution in [3.8, 4) is 11.5 Å². The molecule has 2 aromatic carbocycles. The molecule has 0 radical (unpaired) electrons. The molecule has 25 heavy (non-hydrogen) atoms. The molecule has 0 unspecified atom stereocenters. The lowest BCUT2D eigenvalue weighted by molar-refractivity contribution is -0.136. The monoisotopic (exact) mass is 379 g/mol. The van der Waals surface area contributed by atoms with Crippen LogP contribution in [0.15, 0.2) is 41.5 Å². The predicted molar refractivity (Wildman–Crippen MR) is 93.4 cm³/mol. The number of fused-ring (bicyclic) bond motifs is 1. The van der Waals surface area contributed by atoms with E-state index in [4.69, 9.17) is 32.7 Å². The van der Waals surface area contributed by atoms with Gasteiger partial charge in [0.25, 0.3) is 0 Å². The number of hydrogen-bond acceptors (Lipinski definition) is 5. The van der Waals surface area contributed by atoms with E-state index in [1.165, 1.54) is 18.3 Å². The number of benzene rings is 2. The lowest BCUT2D eigenvalue weighted by Crippen LogP contribution is -2.32. The molecule has 2 N–H and O–H groups in total. The first-order valence-electron chi connectivity index (χ1n) is 7.02. The number of anilines is 1. The van der Waals surface area contributed by atoms with Crippen LogP contribution in [0, 0.1) is 0 Å².